The molecule has 1 unspecified atom stereocenters. The zero-order chi connectivity index (χ0) is 25.8. The molecule has 1 N–H and O–H groups in total. The van der Waals surface area contributed by atoms with E-state index in [-0.39, 0.29) is 19.0 Å². The van der Waals surface area contributed by atoms with Crippen LogP contribution in [0, 0.1) is 0 Å². The predicted molar refractivity (Wildman–Crippen MR) is 141 cm³/mol. The Hall–Kier alpha value is -1.97. The van der Waals surface area contributed by atoms with Crippen LogP contribution in [0.2, 0.25) is 0 Å². The number of hydrogen-bond donors (Lipinski definition) is 1. The van der Waals surface area contributed by atoms with Gasteiger partial charge in [0.15, 0.2) is 12.2 Å². The van der Waals surface area contributed by atoms with Crippen LogP contribution >= 0.6 is 20.3 Å². The van der Waals surface area contributed by atoms with Crippen LogP contribution in [0.3, 0.4) is 0 Å². The first-order chi connectivity index (χ1) is 17.3. The average molecular weight is 521 g/mol. The van der Waals surface area contributed by atoms with Gasteiger partial charge < -0.3 is 19.1 Å². The molecule has 0 aliphatic carbocycles. The lowest BCUT2D eigenvalue weighted by atomic mass is 10.2. The largest absolute Gasteiger partial charge is 0.425 e. The molecule has 9 nitrogen and oxygen atoms in total. The van der Waals surface area contributed by atoms with Gasteiger partial charge in [0.1, 0.15) is 6.23 Å². The van der Waals surface area contributed by atoms with Gasteiger partial charge in [-0.3, -0.25) is 9.56 Å². The van der Waals surface area contributed by atoms with Crippen molar-refractivity contribution in [1.29, 1.82) is 0 Å². The monoisotopic (exact) mass is 520 g/mol. The second-order valence-corrected chi connectivity index (χ2v) is 11.3. The van der Waals surface area contributed by atoms with Crippen LogP contribution in [0.15, 0.2) is 50.0 Å². The van der Waals surface area contributed by atoms with Gasteiger partial charge >= 0.3 is 14.2 Å². The van der Waals surface area contributed by atoms with E-state index in [2.05, 4.69) is 47.7 Å². The molecule has 1 fully saturated rings. The molecule has 2 aromatic rings. The van der Waals surface area contributed by atoms with E-state index in [1.165, 1.54) is 11.0 Å². The van der Waals surface area contributed by atoms with Crippen molar-refractivity contribution in [3.63, 3.8) is 0 Å². The number of nitrogens with zero attached hydrogens (tertiary/aromatic N) is 4. The van der Waals surface area contributed by atoms with E-state index in [4.69, 9.17) is 15.2 Å². The molecule has 0 spiro atoms. The lowest BCUT2D eigenvalue weighted by Crippen LogP contribution is -2.35. The highest BCUT2D eigenvalue weighted by Crippen LogP contribution is 2.49. The number of anilines is 2. The Labute approximate surface area is 213 Å². The Balaban J connectivity index is 1.55. The Bertz CT molecular complexity index is 1130. The van der Waals surface area contributed by atoms with Crippen molar-refractivity contribution in [3.05, 3.63) is 40.9 Å². The third-order valence-corrected chi connectivity index (χ3v) is 8.76. The molecule has 190 valence electrons. The molecule has 35 heavy (non-hydrogen) atoms. The third-order valence-electron chi connectivity index (χ3n) is 5.64. The third kappa shape index (κ3) is 5.89. The average Bonchev–Trinajstić information content (AvgIpc) is 3.24. The Morgan fingerprint density at radius 2 is 2.14 bits per heavy atom. The predicted octanol–water partition coefficient (Wildman–Crippen LogP) is 5.55. The molecular formula is C24H34N5O4PS. The number of para-hydroxylation sites is 1. The summed E-state index contributed by atoms with van der Waals surface area (Å²) in [6, 6.07) is 8.26. The van der Waals surface area contributed by atoms with E-state index in [0.29, 0.717) is 18.8 Å². The van der Waals surface area contributed by atoms with Gasteiger partial charge in [-0.1, -0.05) is 23.9 Å². The lowest BCUT2D eigenvalue weighted by Gasteiger charge is -2.36. The molecule has 11 heteroatoms. The van der Waals surface area contributed by atoms with Gasteiger partial charge in [0.05, 0.1) is 22.8 Å². The van der Waals surface area contributed by atoms with Crippen molar-refractivity contribution >= 4 is 38.2 Å². The molecule has 0 amide bonds. The molecule has 3 heterocycles. The highest BCUT2D eigenvalue weighted by molar-refractivity contribution is 7.99. The maximum atomic E-state index is 13.0. The number of benzene rings is 1. The molecule has 0 saturated carbocycles. The van der Waals surface area contributed by atoms with Crippen LogP contribution < -0.4 is 11.0 Å². The lowest BCUT2D eigenvalue weighted by molar-refractivity contribution is -0.00797. The van der Waals surface area contributed by atoms with Crippen molar-refractivity contribution in [1.82, 2.24) is 14.2 Å². The fourth-order valence-corrected chi connectivity index (χ4v) is 6.68. The van der Waals surface area contributed by atoms with Crippen molar-refractivity contribution in [2.24, 2.45) is 4.99 Å². The second-order valence-electron chi connectivity index (χ2n) is 8.89. The van der Waals surface area contributed by atoms with Crippen molar-refractivity contribution in [2.75, 3.05) is 11.9 Å². The van der Waals surface area contributed by atoms with Gasteiger partial charge in [-0.05, 0) is 53.7 Å². The van der Waals surface area contributed by atoms with E-state index >= 15 is 0 Å². The first-order valence-electron chi connectivity index (χ1n) is 12.5. The summed E-state index contributed by atoms with van der Waals surface area (Å²) in [5.41, 5.74) is 0.523. The van der Waals surface area contributed by atoms with Gasteiger partial charge in [-0.15, -0.1) is 0 Å². The molecule has 4 rings (SSSR count). The minimum absolute atomic E-state index is 0.00749. The summed E-state index contributed by atoms with van der Waals surface area (Å²) in [7, 11) is -1.49. The topological polar surface area (TPSA) is 90.2 Å². The first kappa shape index (κ1) is 24.7. The standard InChI is InChI=1S/C24H34N5O4PS/c1-7-25-14-31-34(29(15(2)3)16(4)5)33-19-12-22(32-17(19)6)28-13-21-23(27-24(28)30)26-18-10-8-9-11-20(18)35-21/h8-11,13-17,19,22H,7,12H2,1-6H3,(H,26,27,30)/t17-,19-,22-,34?/m1/s1/i6D. The van der Waals surface area contributed by atoms with Crippen LogP contribution in [-0.2, 0) is 13.8 Å². The van der Waals surface area contributed by atoms with Gasteiger partial charge in [-0.25, -0.2) is 9.46 Å². The molecule has 1 aromatic carbocycles. The van der Waals surface area contributed by atoms with E-state index < -0.39 is 32.7 Å². The molecule has 0 bridgehead atoms. The van der Waals surface area contributed by atoms with Crippen LogP contribution in [0.4, 0.5) is 11.5 Å². The van der Waals surface area contributed by atoms with E-state index in [1.54, 1.807) is 18.0 Å². The molecule has 1 aromatic heterocycles. The minimum Gasteiger partial charge on any atom is -0.425 e. The maximum absolute atomic E-state index is 13.0. The SMILES string of the molecule is [2H]C[C@H]1O[C@@H](n2cc3c(nc2=O)Nc2ccccc2S3)C[C@H]1OP(OC=NCC)N(C(C)C)C(C)C. The molecule has 1 saturated heterocycles. The van der Waals surface area contributed by atoms with Crippen LogP contribution in [0.25, 0.3) is 0 Å². The molecule has 2 aliphatic rings. The van der Waals surface area contributed by atoms with Crippen LogP contribution in [0.1, 0.15) is 55.5 Å². The molecular weight excluding hydrogens is 485 g/mol. The Kier molecular flexibility index (Phi) is 8.04. The summed E-state index contributed by atoms with van der Waals surface area (Å²) in [4.78, 5) is 23.3. The fraction of sp³-hybridized carbons (Fsp3) is 0.542. The quantitative estimate of drug-likeness (QED) is 0.223. The summed E-state index contributed by atoms with van der Waals surface area (Å²) in [6.07, 6.45) is 2.16. The summed E-state index contributed by atoms with van der Waals surface area (Å²) in [5, 5.41) is 3.24. The van der Waals surface area contributed by atoms with E-state index in [1.807, 2.05) is 31.2 Å². The normalized spacial score (nSPS) is 22.9. The zero-order valence-electron chi connectivity index (χ0n) is 21.7. The fourth-order valence-electron chi connectivity index (χ4n) is 4.08. The zero-order valence-corrected chi connectivity index (χ0v) is 22.5. The van der Waals surface area contributed by atoms with Gasteiger partial charge in [0.25, 0.3) is 0 Å². The van der Waals surface area contributed by atoms with Crippen LogP contribution in [-0.4, -0.2) is 51.5 Å². The number of aromatic nitrogens is 2. The first-order valence-corrected chi connectivity index (χ1v) is 13.8. The minimum atomic E-state index is -1.49. The summed E-state index contributed by atoms with van der Waals surface area (Å²) in [6.45, 7) is 10.9. The number of rotatable bonds is 9. The van der Waals surface area contributed by atoms with Gasteiger partial charge in [0.2, 0.25) is 0 Å². The number of hydrogen-bond acceptors (Lipinski definition) is 9. The summed E-state index contributed by atoms with van der Waals surface area (Å²) >= 11 is 1.56. The van der Waals surface area contributed by atoms with E-state index in [9.17, 15) is 4.79 Å². The molecule has 2 aliphatic heterocycles. The molecule has 0 radical (unpaired) electrons. The summed E-state index contributed by atoms with van der Waals surface area (Å²) < 4.78 is 30.3. The maximum Gasteiger partial charge on any atom is 0.351 e. The highest BCUT2D eigenvalue weighted by Gasteiger charge is 2.40. The number of aliphatic imine (C=N–C) groups is 1. The Morgan fingerprint density at radius 3 is 2.86 bits per heavy atom. The van der Waals surface area contributed by atoms with Crippen LogP contribution in [0.5, 0.6) is 0 Å². The van der Waals surface area contributed by atoms with Crippen molar-refractivity contribution in [3.8, 4) is 0 Å². The second kappa shape index (κ2) is 11.4. The molecule has 4 atom stereocenters. The Morgan fingerprint density at radius 1 is 1.37 bits per heavy atom. The van der Waals surface area contributed by atoms with Crippen molar-refractivity contribution in [2.45, 2.75) is 88.2 Å². The highest BCUT2D eigenvalue weighted by atomic mass is 32.2. The van der Waals surface area contributed by atoms with Gasteiger partial charge in [-0.2, -0.15) is 4.98 Å². The van der Waals surface area contributed by atoms with Gasteiger partial charge in [0, 0.05) is 37.5 Å². The number of ether oxygens (including phenoxy) is 1. The van der Waals surface area contributed by atoms with Crippen molar-refractivity contribution < 1.29 is 15.2 Å². The smallest absolute Gasteiger partial charge is 0.351 e. The number of nitrogens with one attached hydrogen (secondary N) is 1. The number of fused-ring (bicyclic) bond motifs is 2. The summed E-state index contributed by atoms with van der Waals surface area (Å²) in [5.74, 6) is 0.541. The van der Waals surface area contributed by atoms with E-state index in [0.717, 1.165) is 15.5 Å².